The molecular weight excluding hydrogens is 684 g/mol. The van der Waals surface area contributed by atoms with Gasteiger partial charge in [0.25, 0.3) is 0 Å². The fourth-order valence-electron chi connectivity index (χ4n) is 5.56. The van der Waals surface area contributed by atoms with Gasteiger partial charge in [-0.05, 0) is 104 Å². The number of alkyl halides is 12. The average Bonchev–Trinajstić information content (AvgIpc) is 3.06. The van der Waals surface area contributed by atoms with E-state index >= 15 is 0 Å². The van der Waals surface area contributed by atoms with Gasteiger partial charge in [0.15, 0.2) is 0 Å². The van der Waals surface area contributed by atoms with Crippen LogP contribution in [-0.2, 0) is 24.7 Å². The molecule has 50 heavy (non-hydrogen) atoms. The standard InChI is InChI=1S/C38H20F12/c39-35(40,41)31-15-29(16-32(19-31)36(42,43)44)24-5-1-21(2-6-24)26-11-9-23-10-12-27(14-28(23)13-26)22-3-7-25(8-4-22)30-17-33(37(45,46)47)20-34(18-30)38(48,49)50/h1-20H. The third-order valence-electron chi connectivity index (χ3n) is 8.12. The van der Waals surface area contributed by atoms with Crippen molar-refractivity contribution in [2.24, 2.45) is 0 Å². The number of fused-ring (bicyclic) bond motifs is 1. The molecule has 6 aromatic carbocycles. The summed E-state index contributed by atoms with van der Waals surface area (Å²) in [5.74, 6) is 0. The highest BCUT2D eigenvalue weighted by molar-refractivity contribution is 5.91. The monoisotopic (exact) mass is 704 g/mol. The third kappa shape index (κ3) is 7.34. The molecule has 0 radical (unpaired) electrons. The van der Waals surface area contributed by atoms with Crippen LogP contribution in [-0.4, -0.2) is 0 Å². The molecule has 0 atom stereocenters. The Bertz CT molecular complexity index is 1970. The highest BCUT2D eigenvalue weighted by atomic mass is 19.4. The van der Waals surface area contributed by atoms with Gasteiger partial charge in [0, 0.05) is 0 Å². The van der Waals surface area contributed by atoms with E-state index in [1.165, 1.54) is 24.3 Å². The predicted molar refractivity (Wildman–Crippen MR) is 166 cm³/mol. The summed E-state index contributed by atoms with van der Waals surface area (Å²) >= 11 is 0. The summed E-state index contributed by atoms with van der Waals surface area (Å²) in [5, 5.41) is 1.59. The maximum Gasteiger partial charge on any atom is 0.416 e. The van der Waals surface area contributed by atoms with Crippen molar-refractivity contribution in [2.45, 2.75) is 24.7 Å². The Morgan fingerprint density at radius 1 is 0.220 bits per heavy atom. The highest BCUT2D eigenvalue weighted by Gasteiger charge is 2.38. The lowest BCUT2D eigenvalue weighted by atomic mass is 9.94. The molecule has 0 spiro atoms. The van der Waals surface area contributed by atoms with Gasteiger partial charge in [-0.3, -0.25) is 0 Å². The second kappa shape index (κ2) is 12.3. The van der Waals surface area contributed by atoms with Crippen LogP contribution < -0.4 is 0 Å². The fourth-order valence-corrected chi connectivity index (χ4v) is 5.56. The summed E-state index contributed by atoms with van der Waals surface area (Å²) < 4.78 is 160. The lowest BCUT2D eigenvalue weighted by molar-refractivity contribution is -0.144. The van der Waals surface area contributed by atoms with Crippen LogP contribution >= 0.6 is 0 Å². The maximum absolute atomic E-state index is 13.4. The Morgan fingerprint density at radius 3 is 0.720 bits per heavy atom. The molecule has 0 aliphatic carbocycles. The van der Waals surface area contributed by atoms with Crippen molar-refractivity contribution in [1.29, 1.82) is 0 Å². The second-order valence-electron chi connectivity index (χ2n) is 11.5. The van der Waals surface area contributed by atoms with Crippen LogP contribution in [0.3, 0.4) is 0 Å². The molecular formula is C38H20F12. The summed E-state index contributed by atoms with van der Waals surface area (Å²) in [7, 11) is 0. The van der Waals surface area contributed by atoms with Crippen molar-refractivity contribution in [3.63, 3.8) is 0 Å². The number of benzene rings is 6. The minimum absolute atomic E-state index is 0.0684. The van der Waals surface area contributed by atoms with Gasteiger partial charge in [-0.15, -0.1) is 0 Å². The smallest absolute Gasteiger partial charge is 0.166 e. The van der Waals surface area contributed by atoms with Gasteiger partial charge in [0.1, 0.15) is 0 Å². The molecule has 0 nitrogen and oxygen atoms in total. The molecule has 0 saturated carbocycles. The van der Waals surface area contributed by atoms with E-state index in [0.717, 1.165) is 10.8 Å². The Kier molecular flexibility index (Phi) is 8.48. The van der Waals surface area contributed by atoms with E-state index in [1.807, 2.05) is 24.3 Å². The molecule has 0 heterocycles. The molecule has 0 amide bonds. The summed E-state index contributed by atoms with van der Waals surface area (Å²) in [5.41, 5.74) is -3.22. The predicted octanol–water partition coefficient (Wildman–Crippen LogP) is 13.6. The SMILES string of the molecule is FC(F)(F)c1cc(-c2ccc(-c3ccc4ccc(-c5ccc(-c6cc(C(F)(F)F)cc(C(F)(F)F)c6)cc5)cc4c3)cc2)cc(C(F)(F)F)c1. The minimum Gasteiger partial charge on any atom is -0.166 e. The first-order valence-corrected chi connectivity index (χ1v) is 14.6. The number of halogens is 12. The summed E-state index contributed by atoms with van der Waals surface area (Å²) in [6.07, 6.45) is -19.9. The molecule has 0 unspecified atom stereocenters. The average molecular weight is 705 g/mol. The second-order valence-corrected chi connectivity index (χ2v) is 11.5. The van der Waals surface area contributed by atoms with E-state index < -0.39 is 47.0 Å². The van der Waals surface area contributed by atoms with Gasteiger partial charge < -0.3 is 0 Å². The van der Waals surface area contributed by atoms with Crippen molar-refractivity contribution < 1.29 is 52.7 Å². The van der Waals surface area contributed by atoms with E-state index in [0.29, 0.717) is 46.5 Å². The lowest BCUT2D eigenvalue weighted by Gasteiger charge is -2.15. The number of rotatable bonds is 4. The Hall–Kier alpha value is -5.26. The topological polar surface area (TPSA) is 0 Å². The zero-order valence-electron chi connectivity index (χ0n) is 25.1. The van der Waals surface area contributed by atoms with Gasteiger partial charge in [0.05, 0.1) is 22.3 Å². The zero-order valence-corrected chi connectivity index (χ0v) is 25.1. The van der Waals surface area contributed by atoms with Crippen LogP contribution in [0.2, 0.25) is 0 Å². The van der Waals surface area contributed by atoms with E-state index in [4.69, 9.17) is 0 Å². The fraction of sp³-hybridized carbons (Fsp3) is 0.105. The third-order valence-corrected chi connectivity index (χ3v) is 8.12. The van der Waals surface area contributed by atoms with Crippen LogP contribution in [0.5, 0.6) is 0 Å². The molecule has 0 fully saturated rings. The number of hydrogen-bond acceptors (Lipinski definition) is 0. The van der Waals surface area contributed by atoms with Crippen molar-refractivity contribution >= 4 is 10.8 Å². The van der Waals surface area contributed by atoms with Gasteiger partial charge in [-0.2, -0.15) is 52.7 Å². The van der Waals surface area contributed by atoms with E-state index in [1.54, 1.807) is 36.4 Å². The summed E-state index contributed by atoms with van der Waals surface area (Å²) in [6.45, 7) is 0. The molecule has 0 saturated heterocycles. The van der Waals surface area contributed by atoms with Gasteiger partial charge in [-0.1, -0.05) is 72.8 Å². The first-order valence-electron chi connectivity index (χ1n) is 14.6. The zero-order chi connectivity index (χ0) is 36.2. The van der Waals surface area contributed by atoms with Gasteiger partial charge >= 0.3 is 24.7 Å². The van der Waals surface area contributed by atoms with E-state index in [-0.39, 0.29) is 34.4 Å². The Labute approximate surface area is 276 Å². The molecule has 0 N–H and O–H groups in total. The first kappa shape index (κ1) is 34.6. The highest BCUT2D eigenvalue weighted by Crippen LogP contribution is 2.41. The Balaban J connectivity index is 1.29. The van der Waals surface area contributed by atoms with Gasteiger partial charge in [-0.25, -0.2) is 0 Å². The van der Waals surface area contributed by atoms with E-state index in [9.17, 15) is 52.7 Å². The molecule has 0 aliphatic rings. The normalized spacial score (nSPS) is 12.8. The minimum atomic E-state index is -4.98. The molecule has 0 aromatic heterocycles. The molecule has 6 aromatic rings. The molecule has 0 aliphatic heterocycles. The van der Waals surface area contributed by atoms with Crippen LogP contribution in [0.15, 0.2) is 121 Å². The maximum atomic E-state index is 13.4. The molecule has 256 valence electrons. The van der Waals surface area contributed by atoms with Crippen LogP contribution in [0.4, 0.5) is 52.7 Å². The molecule has 6 rings (SSSR count). The quantitative estimate of drug-likeness (QED) is 0.160. The Morgan fingerprint density at radius 2 is 0.460 bits per heavy atom. The van der Waals surface area contributed by atoms with E-state index in [2.05, 4.69) is 0 Å². The molecule has 0 bridgehead atoms. The van der Waals surface area contributed by atoms with Crippen molar-refractivity contribution in [3.05, 3.63) is 144 Å². The molecule has 12 heteroatoms. The van der Waals surface area contributed by atoms with Crippen molar-refractivity contribution in [3.8, 4) is 44.5 Å². The number of hydrogen-bond donors (Lipinski definition) is 0. The van der Waals surface area contributed by atoms with Crippen molar-refractivity contribution in [1.82, 2.24) is 0 Å². The van der Waals surface area contributed by atoms with Crippen molar-refractivity contribution in [2.75, 3.05) is 0 Å². The first-order chi connectivity index (χ1) is 23.3. The largest absolute Gasteiger partial charge is 0.416 e. The van der Waals surface area contributed by atoms with Crippen LogP contribution in [0, 0.1) is 0 Å². The summed E-state index contributed by atoms with van der Waals surface area (Å²) in [4.78, 5) is 0. The van der Waals surface area contributed by atoms with Gasteiger partial charge in [0.2, 0.25) is 0 Å². The van der Waals surface area contributed by atoms with Crippen LogP contribution in [0.25, 0.3) is 55.3 Å². The van der Waals surface area contributed by atoms with Crippen LogP contribution in [0.1, 0.15) is 22.3 Å². The summed E-state index contributed by atoms with van der Waals surface area (Å²) in [6, 6.07) is 25.7. The lowest BCUT2D eigenvalue weighted by Crippen LogP contribution is -2.11.